The van der Waals surface area contributed by atoms with Crippen molar-refractivity contribution in [3.63, 3.8) is 0 Å². The first kappa shape index (κ1) is 14.5. The number of thiophene rings is 1. The van der Waals surface area contributed by atoms with Crippen molar-refractivity contribution in [1.29, 1.82) is 0 Å². The number of methoxy groups -OCH3 is 1. The van der Waals surface area contributed by atoms with Crippen molar-refractivity contribution in [3.8, 4) is 0 Å². The van der Waals surface area contributed by atoms with Crippen LogP contribution < -0.4 is 10.6 Å². The van der Waals surface area contributed by atoms with Gasteiger partial charge in [-0.15, -0.1) is 11.3 Å². The van der Waals surface area contributed by atoms with E-state index in [4.69, 9.17) is 4.74 Å². The molecule has 1 aromatic carbocycles. The molecule has 1 heterocycles. The quantitative estimate of drug-likeness (QED) is 0.829. The van der Waals surface area contributed by atoms with E-state index >= 15 is 0 Å². The minimum atomic E-state index is -0.440. The number of ether oxygens (including phenoxy) is 1. The molecule has 5 nitrogen and oxygen atoms in total. The summed E-state index contributed by atoms with van der Waals surface area (Å²) in [5.41, 5.74) is 0.528. The topological polar surface area (TPSA) is 67.4 Å². The molecule has 0 aliphatic carbocycles. The van der Waals surface area contributed by atoms with Gasteiger partial charge in [0.05, 0.1) is 19.3 Å². The number of rotatable bonds is 5. The minimum absolute atomic E-state index is 0.180. The smallest absolute Gasteiger partial charge is 0.350 e. The van der Waals surface area contributed by atoms with Crippen molar-refractivity contribution in [2.75, 3.05) is 25.5 Å². The van der Waals surface area contributed by atoms with Crippen LogP contribution >= 0.6 is 11.3 Å². The first-order valence-corrected chi connectivity index (χ1v) is 7.09. The fraction of sp³-hybridized carbons (Fsp3) is 0.286. The molecule has 0 aliphatic rings. The molecule has 0 unspecified atom stereocenters. The fourth-order valence-electron chi connectivity index (χ4n) is 1.83. The van der Waals surface area contributed by atoms with E-state index in [9.17, 15) is 9.59 Å². The average molecular weight is 292 g/mol. The van der Waals surface area contributed by atoms with Crippen molar-refractivity contribution in [1.82, 2.24) is 5.32 Å². The highest BCUT2D eigenvalue weighted by molar-refractivity contribution is 7.21. The summed E-state index contributed by atoms with van der Waals surface area (Å²) in [5.74, 6) is -0.620. The Morgan fingerprint density at radius 3 is 2.75 bits per heavy atom. The predicted molar refractivity (Wildman–Crippen MR) is 80.3 cm³/mol. The number of fused-ring (bicyclic) bond motifs is 1. The van der Waals surface area contributed by atoms with Crippen molar-refractivity contribution in [3.05, 3.63) is 29.1 Å². The van der Waals surface area contributed by atoms with Crippen LogP contribution in [-0.4, -0.2) is 32.1 Å². The highest BCUT2D eigenvalue weighted by Crippen LogP contribution is 2.36. The molecule has 2 aromatic rings. The van der Waals surface area contributed by atoms with Gasteiger partial charge in [0.2, 0.25) is 5.91 Å². The highest BCUT2D eigenvalue weighted by atomic mass is 32.1. The van der Waals surface area contributed by atoms with Crippen LogP contribution in [0.3, 0.4) is 0 Å². The summed E-state index contributed by atoms with van der Waals surface area (Å²) in [6, 6.07) is 7.55. The Morgan fingerprint density at radius 1 is 1.30 bits per heavy atom. The molecule has 106 valence electrons. The number of amides is 1. The van der Waals surface area contributed by atoms with Crippen LogP contribution in [0.2, 0.25) is 0 Å². The minimum Gasteiger partial charge on any atom is -0.465 e. The van der Waals surface area contributed by atoms with E-state index in [2.05, 4.69) is 10.6 Å². The third kappa shape index (κ3) is 2.97. The standard InChI is InChI=1S/C14H16N2O3S/c1-3-15-8-11(17)16-12-9-6-4-5-7-10(9)20-13(12)14(18)19-2/h4-7,15H,3,8H2,1-2H3,(H,16,17). The molecule has 2 N–H and O–H groups in total. The van der Waals surface area contributed by atoms with Gasteiger partial charge in [-0.05, 0) is 12.6 Å². The lowest BCUT2D eigenvalue weighted by atomic mass is 10.2. The van der Waals surface area contributed by atoms with E-state index in [-0.39, 0.29) is 12.5 Å². The van der Waals surface area contributed by atoms with E-state index in [0.717, 1.165) is 10.1 Å². The van der Waals surface area contributed by atoms with Crippen LogP contribution in [-0.2, 0) is 9.53 Å². The Balaban J connectivity index is 2.38. The predicted octanol–water partition coefficient (Wildman–Crippen LogP) is 2.24. The lowest BCUT2D eigenvalue weighted by molar-refractivity contribution is -0.115. The Hall–Kier alpha value is -1.92. The van der Waals surface area contributed by atoms with Gasteiger partial charge in [0.1, 0.15) is 4.88 Å². The summed E-state index contributed by atoms with van der Waals surface area (Å²) in [6.45, 7) is 2.84. The first-order chi connectivity index (χ1) is 9.67. The first-order valence-electron chi connectivity index (χ1n) is 6.27. The summed E-state index contributed by atoms with van der Waals surface area (Å²) in [7, 11) is 1.33. The van der Waals surface area contributed by atoms with Crippen molar-refractivity contribution in [2.24, 2.45) is 0 Å². The molecule has 2 rings (SSSR count). The maximum Gasteiger partial charge on any atom is 0.350 e. The molecule has 0 atom stereocenters. The molecule has 20 heavy (non-hydrogen) atoms. The molecular weight excluding hydrogens is 276 g/mol. The number of hydrogen-bond donors (Lipinski definition) is 2. The largest absolute Gasteiger partial charge is 0.465 e. The second kappa shape index (κ2) is 6.49. The number of carbonyl (C=O) groups excluding carboxylic acids is 2. The van der Waals surface area contributed by atoms with Gasteiger partial charge in [-0.3, -0.25) is 4.79 Å². The van der Waals surface area contributed by atoms with Gasteiger partial charge in [-0.1, -0.05) is 25.1 Å². The zero-order valence-electron chi connectivity index (χ0n) is 11.4. The van der Waals surface area contributed by atoms with E-state index in [1.807, 2.05) is 31.2 Å². The number of carbonyl (C=O) groups is 2. The van der Waals surface area contributed by atoms with Crippen LogP contribution in [0.5, 0.6) is 0 Å². The molecule has 0 aliphatic heterocycles. The summed E-state index contributed by atoms with van der Waals surface area (Å²) >= 11 is 1.31. The third-order valence-corrected chi connectivity index (χ3v) is 3.92. The van der Waals surface area contributed by atoms with Gasteiger partial charge in [-0.2, -0.15) is 0 Å². The second-order valence-electron chi connectivity index (χ2n) is 4.12. The molecule has 1 amide bonds. The summed E-state index contributed by atoms with van der Waals surface area (Å²) in [5, 5.41) is 6.59. The number of anilines is 1. The fourth-order valence-corrected chi connectivity index (χ4v) is 2.90. The number of esters is 1. The monoisotopic (exact) mass is 292 g/mol. The normalized spacial score (nSPS) is 10.5. The third-order valence-electron chi connectivity index (χ3n) is 2.77. The van der Waals surface area contributed by atoms with E-state index in [0.29, 0.717) is 17.1 Å². The molecule has 0 bridgehead atoms. The molecule has 6 heteroatoms. The summed E-state index contributed by atoms with van der Waals surface area (Å²) < 4.78 is 5.71. The van der Waals surface area contributed by atoms with Crippen LogP contribution in [0.1, 0.15) is 16.6 Å². The van der Waals surface area contributed by atoms with Gasteiger partial charge >= 0.3 is 5.97 Å². The number of hydrogen-bond acceptors (Lipinski definition) is 5. The van der Waals surface area contributed by atoms with Gasteiger partial charge < -0.3 is 15.4 Å². The van der Waals surface area contributed by atoms with E-state index in [1.54, 1.807) is 0 Å². The molecule has 0 saturated heterocycles. The van der Waals surface area contributed by atoms with Crippen molar-refractivity contribution < 1.29 is 14.3 Å². The molecule has 1 aromatic heterocycles. The Kier molecular flexibility index (Phi) is 4.70. The number of benzene rings is 1. The molecule has 0 fully saturated rings. The molecular formula is C14H16N2O3S. The van der Waals surface area contributed by atoms with Gasteiger partial charge in [-0.25, -0.2) is 4.79 Å². The van der Waals surface area contributed by atoms with Crippen molar-refractivity contribution >= 4 is 39.0 Å². The highest BCUT2D eigenvalue weighted by Gasteiger charge is 2.20. The maximum absolute atomic E-state index is 11.9. The van der Waals surface area contributed by atoms with Crippen LogP contribution in [0, 0.1) is 0 Å². The zero-order chi connectivity index (χ0) is 14.5. The van der Waals surface area contributed by atoms with Gasteiger partial charge in [0.15, 0.2) is 0 Å². The maximum atomic E-state index is 11.9. The van der Waals surface area contributed by atoms with E-state index in [1.165, 1.54) is 18.4 Å². The lowest BCUT2D eigenvalue weighted by Gasteiger charge is -2.06. The number of likely N-dealkylation sites (N-methyl/N-ethyl adjacent to an activating group) is 1. The molecule has 0 spiro atoms. The SMILES string of the molecule is CCNCC(=O)Nc1c(C(=O)OC)sc2ccccc12. The van der Waals surface area contributed by atoms with E-state index < -0.39 is 5.97 Å². The van der Waals surface area contributed by atoms with Crippen LogP contribution in [0.15, 0.2) is 24.3 Å². The van der Waals surface area contributed by atoms with Crippen molar-refractivity contribution in [2.45, 2.75) is 6.92 Å². The lowest BCUT2D eigenvalue weighted by Crippen LogP contribution is -2.28. The second-order valence-corrected chi connectivity index (χ2v) is 5.17. The Bertz CT molecular complexity index is 636. The molecule has 0 radical (unpaired) electrons. The van der Waals surface area contributed by atoms with Crippen LogP contribution in [0.25, 0.3) is 10.1 Å². The Morgan fingerprint density at radius 2 is 2.05 bits per heavy atom. The Labute approximate surface area is 120 Å². The van der Waals surface area contributed by atoms with Gasteiger partial charge in [0, 0.05) is 10.1 Å². The zero-order valence-corrected chi connectivity index (χ0v) is 12.2. The van der Waals surface area contributed by atoms with Gasteiger partial charge in [0.25, 0.3) is 0 Å². The summed E-state index contributed by atoms with van der Waals surface area (Å²) in [4.78, 5) is 24.1. The average Bonchev–Trinajstić information content (AvgIpc) is 2.83. The van der Waals surface area contributed by atoms with Crippen LogP contribution in [0.4, 0.5) is 5.69 Å². The number of nitrogens with one attached hydrogen (secondary N) is 2. The molecule has 0 saturated carbocycles. The summed E-state index contributed by atoms with van der Waals surface area (Å²) in [6.07, 6.45) is 0.